The Balaban J connectivity index is 2.16. The Morgan fingerprint density at radius 3 is 2.55 bits per heavy atom. The largest absolute Gasteiger partial charge is 0.497 e. The van der Waals surface area contributed by atoms with Crippen LogP contribution in [0, 0.1) is 0 Å². The molecule has 1 aromatic rings. The average molecular weight is 275 g/mol. The van der Waals surface area contributed by atoms with E-state index < -0.39 is 0 Å². The Hall–Kier alpha value is -1.02. The highest BCUT2D eigenvalue weighted by Crippen LogP contribution is 2.27. The van der Waals surface area contributed by atoms with Crippen LogP contribution >= 0.6 is 0 Å². The van der Waals surface area contributed by atoms with E-state index in [1.807, 2.05) is 0 Å². The van der Waals surface area contributed by atoms with Gasteiger partial charge >= 0.3 is 0 Å². The topological polar surface area (TPSA) is 12.5 Å². The molecule has 0 saturated carbocycles. The Kier molecular flexibility index (Phi) is 5.90. The Bertz CT molecular complexity index is 410. The molecule has 0 bridgehead atoms. The van der Waals surface area contributed by atoms with Gasteiger partial charge in [-0.3, -0.25) is 0 Å². The van der Waals surface area contributed by atoms with Crippen molar-refractivity contribution in [3.63, 3.8) is 0 Å². The fourth-order valence-corrected chi connectivity index (χ4v) is 3.41. The van der Waals surface area contributed by atoms with Crippen LogP contribution in [0.25, 0.3) is 0 Å². The molecule has 2 heteroatoms. The molecule has 112 valence electrons. The van der Waals surface area contributed by atoms with Gasteiger partial charge in [0.05, 0.1) is 7.11 Å². The minimum absolute atomic E-state index is 0.711. The van der Waals surface area contributed by atoms with Gasteiger partial charge in [0.25, 0.3) is 0 Å². The van der Waals surface area contributed by atoms with Crippen molar-refractivity contribution < 1.29 is 4.74 Å². The third kappa shape index (κ3) is 3.76. The van der Waals surface area contributed by atoms with Gasteiger partial charge in [-0.1, -0.05) is 19.9 Å². The fourth-order valence-electron chi connectivity index (χ4n) is 3.41. The summed E-state index contributed by atoms with van der Waals surface area (Å²) in [5.74, 6) is 1.00. The van der Waals surface area contributed by atoms with Gasteiger partial charge in [-0.05, 0) is 74.9 Å². The molecule has 1 aliphatic rings. The zero-order valence-corrected chi connectivity index (χ0v) is 13.3. The number of aryl methyl sites for hydroxylation is 1. The maximum atomic E-state index is 5.40. The molecule has 1 aromatic carbocycles. The first-order valence-electron chi connectivity index (χ1n) is 8.18. The van der Waals surface area contributed by atoms with E-state index in [0.29, 0.717) is 6.04 Å². The smallest absolute Gasteiger partial charge is 0.119 e. The number of nitrogens with zero attached hydrogens (tertiary/aromatic N) is 1. The normalized spacial score (nSPS) is 18.7. The Morgan fingerprint density at radius 1 is 1.15 bits per heavy atom. The summed E-state index contributed by atoms with van der Waals surface area (Å²) < 4.78 is 5.40. The fraction of sp³-hybridized carbons (Fsp3) is 0.667. The van der Waals surface area contributed by atoms with Crippen LogP contribution in [0.1, 0.15) is 50.7 Å². The molecule has 1 aliphatic carbocycles. The van der Waals surface area contributed by atoms with Crippen molar-refractivity contribution in [2.45, 2.75) is 58.4 Å². The number of fused-ring (bicyclic) bond motifs is 1. The van der Waals surface area contributed by atoms with E-state index >= 15 is 0 Å². The van der Waals surface area contributed by atoms with Crippen molar-refractivity contribution in [3.05, 3.63) is 29.3 Å². The van der Waals surface area contributed by atoms with Crippen molar-refractivity contribution in [3.8, 4) is 5.75 Å². The third-order valence-electron chi connectivity index (χ3n) is 4.39. The lowest BCUT2D eigenvalue weighted by atomic mass is 10.0. The van der Waals surface area contributed by atoms with Crippen LogP contribution < -0.4 is 4.74 Å². The van der Waals surface area contributed by atoms with Crippen LogP contribution in [0.3, 0.4) is 0 Å². The molecule has 2 rings (SSSR count). The molecule has 0 amide bonds. The summed E-state index contributed by atoms with van der Waals surface area (Å²) in [4.78, 5) is 2.70. The monoisotopic (exact) mass is 275 g/mol. The van der Waals surface area contributed by atoms with Gasteiger partial charge in [0.15, 0.2) is 0 Å². The first kappa shape index (κ1) is 15.4. The van der Waals surface area contributed by atoms with E-state index in [1.165, 1.54) is 62.7 Å². The zero-order valence-electron chi connectivity index (χ0n) is 13.3. The number of methoxy groups -OCH3 is 1. The number of ether oxygens (including phenoxy) is 1. The summed E-state index contributed by atoms with van der Waals surface area (Å²) in [5.41, 5.74) is 3.03. The lowest BCUT2D eigenvalue weighted by Crippen LogP contribution is -2.37. The summed E-state index contributed by atoms with van der Waals surface area (Å²) in [6.07, 6.45) is 7.56. The van der Waals surface area contributed by atoms with Gasteiger partial charge < -0.3 is 9.64 Å². The molecular weight excluding hydrogens is 246 g/mol. The predicted molar refractivity (Wildman–Crippen MR) is 85.6 cm³/mol. The zero-order chi connectivity index (χ0) is 14.4. The molecule has 1 unspecified atom stereocenters. The van der Waals surface area contributed by atoms with E-state index in [2.05, 4.69) is 36.9 Å². The minimum atomic E-state index is 0.711. The van der Waals surface area contributed by atoms with Gasteiger partial charge in [0.1, 0.15) is 5.75 Å². The van der Waals surface area contributed by atoms with Crippen molar-refractivity contribution in [1.82, 2.24) is 4.90 Å². The molecule has 0 fully saturated rings. The highest BCUT2D eigenvalue weighted by Gasteiger charge is 2.22. The van der Waals surface area contributed by atoms with Crippen LogP contribution in [0.2, 0.25) is 0 Å². The first-order chi connectivity index (χ1) is 9.78. The van der Waals surface area contributed by atoms with Crippen LogP contribution in [-0.4, -0.2) is 31.1 Å². The number of benzene rings is 1. The molecule has 0 aromatic heterocycles. The highest BCUT2D eigenvalue weighted by molar-refractivity contribution is 5.37. The SMILES string of the molecule is CCCN(CCC)C1CCCc2ccc(OC)cc2C1. The number of hydrogen-bond donors (Lipinski definition) is 0. The predicted octanol–water partition coefficient (Wildman–Crippen LogP) is 4.06. The van der Waals surface area contributed by atoms with Crippen molar-refractivity contribution in [2.75, 3.05) is 20.2 Å². The molecule has 0 radical (unpaired) electrons. The van der Waals surface area contributed by atoms with Gasteiger partial charge in [0, 0.05) is 6.04 Å². The molecule has 0 N–H and O–H groups in total. The molecule has 0 heterocycles. The van der Waals surface area contributed by atoms with E-state index in [1.54, 1.807) is 7.11 Å². The van der Waals surface area contributed by atoms with Crippen LogP contribution in [0.5, 0.6) is 5.75 Å². The Labute approximate surface area is 124 Å². The standard InChI is InChI=1S/C18H29NO/c1-4-11-19(12-5-2)17-8-6-7-15-9-10-18(20-3)14-16(15)13-17/h9-10,14,17H,4-8,11-13H2,1-3H3. The molecule has 0 spiro atoms. The first-order valence-corrected chi connectivity index (χ1v) is 8.18. The van der Waals surface area contributed by atoms with Gasteiger partial charge in [-0.15, -0.1) is 0 Å². The summed E-state index contributed by atoms with van der Waals surface area (Å²) in [6, 6.07) is 7.34. The van der Waals surface area contributed by atoms with E-state index in [9.17, 15) is 0 Å². The summed E-state index contributed by atoms with van der Waals surface area (Å²) in [7, 11) is 1.76. The molecule has 2 nitrogen and oxygen atoms in total. The molecular formula is C18H29NO. The van der Waals surface area contributed by atoms with Crippen LogP contribution in [0.4, 0.5) is 0 Å². The van der Waals surface area contributed by atoms with Crippen molar-refractivity contribution >= 4 is 0 Å². The second kappa shape index (κ2) is 7.68. The Morgan fingerprint density at radius 2 is 1.90 bits per heavy atom. The van der Waals surface area contributed by atoms with Crippen molar-refractivity contribution in [2.24, 2.45) is 0 Å². The number of hydrogen-bond acceptors (Lipinski definition) is 2. The second-order valence-corrected chi connectivity index (χ2v) is 5.92. The van der Waals surface area contributed by atoms with E-state index in [-0.39, 0.29) is 0 Å². The quantitative estimate of drug-likeness (QED) is 0.726. The third-order valence-corrected chi connectivity index (χ3v) is 4.39. The summed E-state index contributed by atoms with van der Waals surface area (Å²) in [6.45, 7) is 7.04. The van der Waals surface area contributed by atoms with Gasteiger partial charge in [0.2, 0.25) is 0 Å². The maximum Gasteiger partial charge on any atom is 0.119 e. The van der Waals surface area contributed by atoms with E-state index in [4.69, 9.17) is 4.74 Å². The molecule has 20 heavy (non-hydrogen) atoms. The van der Waals surface area contributed by atoms with Gasteiger partial charge in [-0.2, -0.15) is 0 Å². The van der Waals surface area contributed by atoms with Crippen LogP contribution in [0.15, 0.2) is 18.2 Å². The lowest BCUT2D eigenvalue weighted by Gasteiger charge is -2.30. The van der Waals surface area contributed by atoms with Crippen molar-refractivity contribution in [1.29, 1.82) is 0 Å². The van der Waals surface area contributed by atoms with Gasteiger partial charge in [-0.25, -0.2) is 0 Å². The molecule has 1 atom stereocenters. The average Bonchev–Trinajstić information content (AvgIpc) is 2.68. The summed E-state index contributed by atoms with van der Waals surface area (Å²) in [5, 5.41) is 0. The minimum Gasteiger partial charge on any atom is -0.497 e. The maximum absolute atomic E-state index is 5.40. The molecule has 0 aliphatic heterocycles. The lowest BCUT2D eigenvalue weighted by molar-refractivity contribution is 0.185. The molecule has 0 saturated heterocycles. The highest BCUT2D eigenvalue weighted by atomic mass is 16.5. The number of rotatable bonds is 6. The summed E-state index contributed by atoms with van der Waals surface area (Å²) >= 11 is 0. The second-order valence-electron chi connectivity index (χ2n) is 5.92. The van der Waals surface area contributed by atoms with E-state index in [0.717, 1.165) is 5.75 Å². The van der Waals surface area contributed by atoms with Crippen LogP contribution in [-0.2, 0) is 12.8 Å².